The molecule has 10 heteroatoms. The standard InChI is InChI=1S/C27H27ClF2N4O3/c1-15-24(13-31-25(32-15)26(35)36)37-14-19(16-5-3-2-4-6-16)27(17-7-9-18(28)10-8-17)33-22-11-20(29)21(30)12-23(22)34-27/h7-13,16,19,33-34H,2-6,14H2,1H3,(H,35,36). The van der Waals surface area contributed by atoms with Gasteiger partial charge in [0.15, 0.2) is 17.4 Å². The molecule has 1 atom stereocenters. The van der Waals surface area contributed by atoms with Gasteiger partial charge >= 0.3 is 5.97 Å². The van der Waals surface area contributed by atoms with Crippen LogP contribution in [0, 0.1) is 30.4 Å². The third kappa shape index (κ3) is 4.92. The third-order valence-electron chi connectivity index (χ3n) is 7.34. The Morgan fingerprint density at radius 3 is 2.32 bits per heavy atom. The number of aromatic nitrogens is 2. The van der Waals surface area contributed by atoms with Gasteiger partial charge in [0.2, 0.25) is 5.82 Å². The molecule has 1 unspecified atom stereocenters. The predicted molar refractivity (Wildman–Crippen MR) is 136 cm³/mol. The van der Waals surface area contributed by atoms with Crippen LogP contribution >= 0.6 is 11.6 Å². The van der Waals surface area contributed by atoms with Crippen molar-refractivity contribution in [1.29, 1.82) is 0 Å². The third-order valence-corrected chi connectivity index (χ3v) is 7.59. The molecule has 1 aliphatic heterocycles. The number of nitrogens with zero attached hydrogens (tertiary/aromatic N) is 2. The zero-order chi connectivity index (χ0) is 26.2. The lowest BCUT2D eigenvalue weighted by Crippen LogP contribution is -2.51. The van der Waals surface area contributed by atoms with Gasteiger partial charge in [-0.15, -0.1) is 0 Å². The number of carboxylic acids is 1. The van der Waals surface area contributed by atoms with E-state index in [1.807, 2.05) is 12.1 Å². The van der Waals surface area contributed by atoms with Crippen molar-refractivity contribution in [3.05, 3.63) is 76.3 Å². The number of halogens is 3. The number of fused-ring (bicyclic) bond motifs is 1. The minimum absolute atomic E-state index is 0.189. The fourth-order valence-electron chi connectivity index (χ4n) is 5.50. The SMILES string of the molecule is Cc1nc(C(=O)O)ncc1OCC(C1CCCCC1)C1(c2ccc(Cl)cc2)Nc2cc(F)c(F)cc2N1. The van der Waals surface area contributed by atoms with Crippen LogP contribution in [0.4, 0.5) is 20.2 Å². The van der Waals surface area contributed by atoms with Crippen molar-refractivity contribution < 1.29 is 23.4 Å². The van der Waals surface area contributed by atoms with E-state index >= 15 is 0 Å². The first kappa shape index (κ1) is 25.2. The first-order valence-electron chi connectivity index (χ1n) is 12.3. The second-order valence-corrected chi connectivity index (χ2v) is 10.1. The van der Waals surface area contributed by atoms with Crippen molar-refractivity contribution in [3.8, 4) is 5.75 Å². The summed E-state index contributed by atoms with van der Waals surface area (Å²) >= 11 is 6.20. The Morgan fingerprint density at radius 2 is 1.76 bits per heavy atom. The molecule has 1 aliphatic carbocycles. The average molecular weight is 529 g/mol. The van der Waals surface area contributed by atoms with Crippen molar-refractivity contribution in [2.45, 2.75) is 44.7 Å². The van der Waals surface area contributed by atoms with Crippen LogP contribution in [-0.2, 0) is 5.66 Å². The molecular formula is C27H27ClF2N4O3. The number of hydrogen-bond donors (Lipinski definition) is 3. The number of aromatic carboxylic acids is 1. The molecule has 2 heterocycles. The number of benzene rings is 2. The van der Waals surface area contributed by atoms with Gasteiger partial charge in [0.05, 0.1) is 29.9 Å². The molecule has 5 rings (SSSR count). The molecule has 194 valence electrons. The maximum atomic E-state index is 14.2. The van der Waals surface area contributed by atoms with Crippen LogP contribution in [-0.4, -0.2) is 27.7 Å². The van der Waals surface area contributed by atoms with Crippen LogP contribution in [0.15, 0.2) is 42.6 Å². The molecule has 0 bridgehead atoms. The summed E-state index contributed by atoms with van der Waals surface area (Å²) in [6.45, 7) is 1.89. The Balaban J connectivity index is 1.55. The van der Waals surface area contributed by atoms with Gasteiger partial charge in [-0.2, -0.15) is 0 Å². The van der Waals surface area contributed by atoms with Crippen molar-refractivity contribution in [2.24, 2.45) is 11.8 Å². The second kappa shape index (κ2) is 10.1. The van der Waals surface area contributed by atoms with Gasteiger partial charge in [-0.25, -0.2) is 23.5 Å². The van der Waals surface area contributed by atoms with Gasteiger partial charge in [-0.3, -0.25) is 0 Å². The van der Waals surface area contributed by atoms with Crippen LogP contribution in [0.1, 0.15) is 54.0 Å². The van der Waals surface area contributed by atoms with Crippen LogP contribution < -0.4 is 15.4 Å². The van der Waals surface area contributed by atoms with E-state index in [0.29, 0.717) is 27.8 Å². The molecule has 0 spiro atoms. The van der Waals surface area contributed by atoms with Gasteiger partial charge in [0.25, 0.3) is 0 Å². The van der Waals surface area contributed by atoms with E-state index in [-0.39, 0.29) is 24.3 Å². The van der Waals surface area contributed by atoms with Crippen molar-refractivity contribution in [2.75, 3.05) is 17.2 Å². The van der Waals surface area contributed by atoms with E-state index in [9.17, 15) is 18.7 Å². The molecule has 1 aromatic heterocycles. The summed E-state index contributed by atoms with van der Waals surface area (Å²) < 4.78 is 34.6. The average Bonchev–Trinajstić information content (AvgIpc) is 3.25. The smallest absolute Gasteiger partial charge is 0.373 e. The van der Waals surface area contributed by atoms with Gasteiger partial charge in [0, 0.05) is 23.1 Å². The summed E-state index contributed by atoms with van der Waals surface area (Å²) in [5.41, 5.74) is 1.24. The second-order valence-electron chi connectivity index (χ2n) is 9.64. The highest BCUT2D eigenvalue weighted by molar-refractivity contribution is 6.30. The van der Waals surface area contributed by atoms with Crippen molar-refractivity contribution in [3.63, 3.8) is 0 Å². The highest BCUT2D eigenvalue weighted by atomic mass is 35.5. The minimum atomic E-state index is -1.21. The number of rotatable bonds is 7. The summed E-state index contributed by atoms with van der Waals surface area (Å²) in [5.74, 6) is -2.96. The predicted octanol–water partition coefficient (Wildman–Crippen LogP) is 6.38. The minimum Gasteiger partial charge on any atom is -0.490 e. The fourth-order valence-corrected chi connectivity index (χ4v) is 5.62. The van der Waals surface area contributed by atoms with Gasteiger partial charge in [-0.1, -0.05) is 43.0 Å². The van der Waals surface area contributed by atoms with E-state index in [0.717, 1.165) is 49.8 Å². The maximum absolute atomic E-state index is 14.2. The van der Waals surface area contributed by atoms with Crippen molar-refractivity contribution >= 4 is 28.9 Å². The highest BCUT2D eigenvalue weighted by Crippen LogP contribution is 2.49. The quantitative estimate of drug-likeness (QED) is 0.327. The van der Waals surface area contributed by atoms with Gasteiger partial charge in [-0.05, 0) is 43.4 Å². The summed E-state index contributed by atoms with van der Waals surface area (Å²) in [7, 11) is 0. The van der Waals surface area contributed by atoms with E-state index in [2.05, 4.69) is 20.6 Å². The molecule has 7 nitrogen and oxygen atoms in total. The molecule has 37 heavy (non-hydrogen) atoms. The summed E-state index contributed by atoms with van der Waals surface area (Å²) in [4.78, 5) is 19.2. The monoisotopic (exact) mass is 528 g/mol. The van der Waals surface area contributed by atoms with Crippen LogP contribution in [0.5, 0.6) is 5.75 Å². The molecule has 3 N–H and O–H groups in total. The number of anilines is 2. The normalized spacial score (nSPS) is 17.4. The highest BCUT2D eigenvalue weighted by Gasteiger charge is 2.49. The van der Waals surface area contributed by atoms with Crippen LogP contribution in [0.25, 0.3) is 0 Å². The Labute approximate surface area is 218 Å². The topological polar surface area (TPSA) is 96.4 Å². The maximum Gasteiger partial charge on any atom is 0.373 e. The van der Waals surface area contributed by atoms with Crippen LogP contribution in [0.2, 0.25) is 5.02 Å². The number of ether oxygens (including phenoxy) is 1. The lowest BCUT2D eigenvalue weighted by atomic mass is 9.72. The zero-order valence-electron chi connectivity index (χ0n) is 20.2. The fraction of sp³-hybridized carbons (Fsp3) is 0.370. The number of hydrogen-bond acceptors (Lipinski definition) is 6. The molecule has 0 saturated heterocycles. The Hall–Kier alpha value is -3.46. The molecule has 2 aliphatic rings. The summed E-state index contributed by atoms with van der Waals surface area (Å²) in [6.07, 6.45) is 6.61. The van der Waals surface area contributed by atoms with Crippen LogP contribution in [0.3, 0.4) is 0 Å². The molecule has 2 aromatic carbocycles. The summed E-state index contributed by atoms with van der Waals surface area (Å²) in [5, 5.41) is 16.7. The molecule has 0 radical (unpaired) electrons. The molecule has 3 aromatic rings. The zero-order valence-corrected chi connectivity index (χ0v) is 21.0. The first-order valence-corrected chi connectivity index (χ1v) is 12.7. The largest absolute Gasteiger partial charge is 0.490 e. The van der Waals surface area contributed by atoms with E-state index in [1.165, 1.54) is 6.20 Å². The van der Waals surface area contributed by atoms with E-state index in [1.54, 1.807) is 19.1 Å². The lowest BCUT2D eigenvalue weighted by molar-refractivity contribution is 0.0682. The summed E-state index contributed by atoms with van der Waals surface area (Å²) in [6, 6.07) is 9.69. The van der Waals surface area contributed by atoms with Gasteiger partial charge < -0.3 is 20.5 Å². The Kier molecular flexibility index (Phi) is 6.90. The van der Waals surface area contributed by atoms with E-state index in [4.69, 9.17) is 16.3 Å². The molecule has 0 amide bonds. The Bertz CT molecular complexity index is 1280. The first-order chi connectivity index (χ1) is 17.8. The number of carbonyl (C=O) groups is 1. The molecule has 1 fully saturated rings. The van der Waals surface area contributed by atoms with E-state index < -0.39 is 23.3 Å². The number of nitrogens with one attached hydrogen (secondary N) is 2. The van der Waals surface area contributed by atoms with Crippen molar-refractivity contribution in [1.82, 2.24) is 9.97 Å². The van der Waals surface area contributed by atoms with Gasteiger partial charge in [0.1, 0.15) is 5.66 Å². The molecular weight excluding hydrogens is 502 g/mol. The number of carboxylic acid groups (broad SMARTS) is 1. The Morgan fingerprint density at radius 1 is 1.14 bits per heavy atom. The number of aryl methyl sites for hydroxylation is 1. The molecule has 1 saturated carbocycles. The lowest BCUT2D eigenvalue weighted by Gasteiger charge is -2.44.